The highest BCUT2D eigenvalue weighted by Gasteiger charge is 2.32. The summed E-state index contributed by atoms with van der Waals surface area (Å²) in [6, 6.07) is 16.2. The molecule has 0 aliphatic carbocycles. The van der Waals surface area contributed by atoms with E-state index in [1.54, 1.807) is 18.0 Å². The molecule has 1 heterocycles. The number of nitrogens with zero attached hydrogens (tertiary/aromatic N) is 2. The van der Waals surface area contributed by atoms with Crippen LogP contribution in [-0.2, 0) is 9.59 Å². The number of hydrogen-bond donors (Lipinski definition) is 2. The van der Waals surface area contributed by atoms with Crippen LogP contribution in [0.5, 0.6) is 0 Å². The van der Waals surface area contributed by atoms with Gasteiger partial charge in [0.15, 0.2) is 5.17 Å². The van der Waals surface area contributed by atoms with Crippen molar-refractivity contribution in [2.45, 2.75) is 16.6 Å². The number of amidine groups is 1. The second-order valence-corrected chi connectivity index (χ2v) is 7.77. The van der Waals surface area contributed by atoms with Gasteiger partial charge in [-0.3, -0.25) is 9.59 Å². The molecule has 0 spiro atoms. The number of carbonyl (C=O) groups is 2. The molecule has 1 aliphatic heterocycles. The van der Waals surface area contributed by atoms with Gasteiger partial charge in [-0.05, 0) is 41.1 Å². The van der Waals surface area contributed by atoms with E-state index in [1.807, 2.05) is 30.5 Å². The quantitative estimate of drug-likeness (QED) is 0.441. The molecule has 1 fully saturated rings. The van der Waals surface area contributed by atoms with E-state index >= 15 is 0 Å². The highest BCUT2D eigenvalue weighted by molar-refractivity contribution is 8.15. The molecule has 2 N–H and O–H groups in total. The summed E-state index contributed by atoms with van der Waals surface area (Å²) >= 11 is 2.78. The van der Waals surface area contributed by atoms with E-state index in [2.05, 4.69) is 39.8 Å². The number of nitrogens with one attached hydrogen (secondary N) is 1. The first-order chi connectivity index (χ1) is 13.0. The highest BCUT2D eigenvalue weighted by Crippen LogP contribution is 2.24. The Morgan fingerprint density at radius 1 is 1.26 bits per heavy atom. The second-order valence-electron chi connectivity index (χ2n) is 5.70. The van der Waals surface area contributed by atoms with Gasteiger partial charge >= 0.3 is 5.97 Å². The molecule has 8 heteroatoms. The number of aliphatic carboxylic acids is 1. The van der Waals surface area contributed by atoms with Gasteiger partial charge < -0.3 is 10.4 Å². The zero-order chi connectivity index (χ0) is 19.2. The average Bonchev–Trinajstić information content (AvgIpc) is 3.01. The van der Waals surface area contributed by atoms with E-state index in [0.29, 0.717) is 5.17 Å². The summed E-state index contributed by atoms with van der Waals surface area (Å²) in [5.74, 6) is -1.37. The highest BCUT2D eigenvalue weighted by atomic mass is 32.2. The molecule has 2 aromatic carbocycles. The summed E-state index contributed by atoms with van der Waals surface area (Å²) in [5.41, 5.74) is 3.07. The zero-order valence-electron chi connectivity index (χ0n) is 14.5. The Balaban J connectivity index is 1.69. The number of carbonyl (C=O) groups excluding carboxylic acids is 1. The van der Waals surface area contributed by atoms with Crippen LogP contribution < -0.4 is 5.32 Å². The first-order valence-electron chi connectivity index (χ1n) is 8.10. The first kappa shape index (κ1) is 19.2. The molecule has 1 amide bonds. The van der Waals surface area contributed by atoms with Gasteiger partial charge in [0, 0.05) is 4.90 Å². The Morgan fingerprint density at radius 3 is 2.74 bits per heavy atom. The van der Waals surface area contributed by atoms with E-state index in [9.17, 15) is 9.59 Å². The fraction of sp³-hybridized carbons (Fsp3) is 0.158. The lowest BCUT2D eigenvalue weighted by Crippen LogP contribution is -2.26. The Labute approximate surface area is 165 Å². The van der Waals surface area contributed by atoms with Crippen LogP contribution in [0.15, 0.2) is 63.6 Å². The molecule has 1 saturated heterocycles. The fourth-order valence-electron chi connectivity index (χ4n) is 2.48. The molecule has 0 radical (unpaired) electrons. The standard InChI is InChI=1S/C19H17N3O3S2/c1-26-15-7-5-13(6-8-15)14-4-2-3-12(9-14)11-20-22-19-21-18(25)16(27-19)10-17(23)24/h2-9,11,16H,10H2,1H3,(H,23,24)(H,21,22,25). The number of amides is 1. The molecule has 0 saturated carbocycles. The molecule has 1 atom stereocenters. The van der Waals surface area contributed by atoms with Crippen molar-refractivity contribution in [1.29, 1.82) is 0 Å². The van der Waals surface area contributed by atoms with Gasteiger partial charge in [0.2, 0.25) is 5.91 Å². The third kappa shape index (κ3) is 5.21. The lowest BCUT2D eigenvalue weighted by Gasteiger charge is -2.04. The Bertz CT molecular complexity index is 911. The summed E-state index contributed by atoms with van der Waals surface area (Å²) in [7, 11) is 0. The Kier molecular flexibility index (Phi) is 6.31. The monoisotopic (exact) mass is 399 g/mol. The average molecular weight is 399 g/mol. The predicted molar refractivity (Wildman–Crippen MR) is 110 cm³/mol. The van der Waals surface area contributed by atoms with Crippen molar-refractivity contribution in [3.63, 3.8) is 0 Å². The van der Waals surface area contributed by atoms with Gasteiger partial charge in [0.05, 0.1) is 12.6 Å². The second kappa shape index (κ2) is 8.88. The van der Waals surface area contributed by atoms with Gasteiger partial charge in [0.1, 0.15) is 5.25 Å². The van der Waals surface area contributed by atoms with E-state index < -0.39 is 11.2 Å². The lowest BCUT2D eigenvalue weighted by atomic mass is 10.0. The minimum Gasteiger partial charge on any atom is -0.481 e. The summed E-state index contributed by atoms with van der Waals surface area (Å²) in [5, 5.41) is 19.0. The van der Waals surface area contributed by atoms with Crippen molar-refractivity contribution in [3.05, 3.63) is 54.1 Å². The summed E-state index contributed by atoms with van der Waals surface area (Å²) < 4.78 is 0. The number of carboxylic acids is 1. The van der Waals surface area contributed by atoms with Crippen LogP contribution in [0.2, 0.25) is 0 Å². The number of hydrogen-bond acceptors (Lipinski definition) is 6. The molecule has 1 aliphatic rings. The maximum atomic E-state index is 11.7. The molecule has 2 aromatic rings. The van der Waals surface area contributed by atoms with Crippen LogP contribution in [0.4, 0.5) is 0 Å². The third-order valence-electron chi connectivity index (χ3n) is 3.80. The molecule has 1 unspecified atom stereocenters. The Hall–Kier alpha value is -2.58. The number of thioether (sulfide) groups is 2. The summed E-state index contributed by atoms with van der Waals surface area (Å²) in [4.78, 5) is 23.6. The van der Waals surface area contributed by atoms with Gasteiger partial charge in [0.25, 0.3) is 0 Å². The van der Waals surface area contributed by atoms with Crippen LogP contribution in [0.3, 0.4) is 0 Å². The first-order valence-corrected chi connectivity index (χ1v) is 10.2. The fourth-order valence-corrected chi connectivity index (χ4v) is 3.80. The van der Waals surface area contributed by atoms with Crippen molar-refractivity contribution < 1.29 is 14.7 Å². The normalized spacial score (nSPS) is 18.2. The summed E-state index contributed by atoms with van der Waals surface area (Å²) in [6.07, 6.45) is 3.41. The molecule has 138 valence electrons. The van der Waals surface area contributed by atoms with Crippen LogP contribution in [-0.4, -0.2) is 39.9 Å². The maximum Gasteiger partial charge on any atom is 0.305 e. The SMILES string of the molecule is CSc1ccc(-c2cccc(C=NN=C3NC(=O)C(CC(=O)O)S3)c2)cc1. The molecular formula is C19H17N3O3S2. The Morgan fingerprint density at radius 2 is 2.04 bits per heavy atom. The number of benzene rings is 2. The lowest BCUT2D eigenvalue weighted by molar-refractivity contribution is -0.138. The maximum absolute atomic E-state index is 11.7. The largest absolute Gasteiger partial charge is 0.481 e. The molecule has 0 aromatic heterocycles. The van der Waals surface area contributed by atoms with E-state index in [0.717, 1.165) is 28.5 Å². The zero-order valence-corrected chi connectivity index (χ0v) is 16.1. The van der Waals surface area contributed by atoms with E-state index in [-0.39, 0.29) is 12.3 Å². The van der Waals surface area contributed by atoms with Gasteiger partial charge in [-0.15, -0.1) is 16.9 Å². The smallest absolute Gasteiger partial charge is 0.305 e. The van der Waals surface area contributed by atoms with Crippen LogP contribution in [0.1, 0.15) is 12.0 Å². The van der Waals surface area contributed by atoms with Crippen molar-refractivity contribution in [1.82, 2.24) is 5.32 Å². The number of carboxylic acid groups (broad SMARTS) is 1. The van der Waals surface area contributed by atoms with Crippen LogP contribution in [0, 0.1) is 0 Å². The van der Waals surface area contributed by atoms with Crippen LogP contribution >= 0.6 is 23.5 Å². The number of rotatable bonds is 6. The predicted octanol–water partition coefficient (Wildman–Crippen LogP) is 3.47. The van der Waals surface area contributed by atoms with Crippen molar-refractivity contribution in [2.24, 2.45) is 10.2 Å². The van der Waals surface area contributed by atoms with Crippen molar-refractivity contribution in [3.8, 4) is 11.1 Å². The minimum atomic E-state index is -1.02. The minimum absolute atomic E-state index is 0.239. The topological polar surface area (TPSA) is 91.1 Å². The molecule has 0 bridgehead atoms. The molecule has 3 rings (SSSR count). The van der Waals surface area contributed by atoms with E-state index in [1.165, 1.54) is 4.90 Å². The van der Waals surface area contributed by atoms with Gasteiger partial charge in [-0.1, -0.05) is 42.1 Å². The van der Waals surface area contributed by atoms with Gasteiger partial charge in [-0.25, -0.2) is 0 Å². The third-order valence-corrected chi connectivity index (χ3v) is 5.62. The van der Waals surface area contributed by atoms with E-state index in [4.69, 9.17) is 5.11 Å². The molecular weight excluding hydrogens is 382 g/mol. The molecule has 6 nitrogen and oxygen atoms in total. The van der Waals surface area contributed by atoms with Crippen molar-refractivity contribution in [2.75, 3.05) is 6.26 Å². The van der Waals surface area contributed by atoms with Crippen molar-refractivity contribution >= 4 is 46.8 Å². The molecule has 27 heavy (non-hydrogen) atoms. The van der Waals surface area contributed by atoms with Crippen LogP contribution in [0.25, 0.3) is 11.1 Å². The summed E-state index contributed by atoms with van der Waals surface area (Å²) in [6.45, 7) is 0. The van der Waals surface area contributed by atoms with Gasteiger partial charge in [-0.2, -0.15) is 5.10 Å².